The van der Waals surface area contributed by atoms with Crippen LogP contribution in [0.15, 0.2) is 94.8 Å². The Morgan fingerprint density at radius 3 is 2.37 bits per heavy atom. The van der Waals surface area contributed by atoms with E-state index in [-0.39, 0.29) is 11.6 Å². The van der Waals surface area contributed by atoms with Crippen LogP contribution in [0, 0.1) is 0 Å². The van der Waals surface area contributed by atoms with Crippen molar-refractivity contribution in [1.29, 1.82) is 0 Å². The Balaban J connectivity index is 1.66. The molecule has 0 amide bonds. The minimum absolute atomic E-state index is 0.183. The number of methoxy groups -OCH3 is 1. The predicted octanol–water partition coefficient (Wildman–Crippen LogP) is 5.56. The number of carbonyl (C=O) groups is 3. The van der Waals surface area contributed by atoms with Gasteiger partial charge in [0.05, 0.1) is 12.9 Å². The molecule has 3 aliphatic rings. The minimum Gasteiger partial charge on any atom is -0.483 e. The second-order valence-corrected chi connectivity index (χ2v) is 9.23. The number of carbonyl (C=O) groups excluding carboxylic acids is 3. The van der Waals surface area contributed by atoms with E-state index in [9.17, 15) is 14.4 Å². The molecule has 0 fully saturated rings. The lowest BCUT2D eigenvalue weighted by molar-refractivity contribution is -0.136. The summed E-state index contributed by atoms with van der Waals surface area (Å²) in [7, 11) is 1.36. The molecule has 2 atom stereocenters. The molecule has 3 aliphatic carbocycles. The number of rotatable bonds is 4. The standard InChI is InChI=1S/C30H26O5/c1-16(2)35-29-21-13-9-8-12-20(21)26(28(29)32)22-15-19-14-17(3)23(30(33)34-4)24(25(19)27(22)31)18-10-6-5-7-11-18/h5-13,24,29H,1,14-15H2,2-4H3. The van der Waals surface area contributed by atoms with Crippen molar-refractivity contribution in [2.75, 3.05) is 7.11 Å². The van der Waals surface area contributed by atoms with Gasteiger partial charge in [0.1, 0.15) is 0 Å². The summed E-state index contributed by atoms with van der Waals surface area (Å²) in [6.45, 7) is 7.41. The lowest BCUT2D eigenvalue weighted by Crippen LogP contribution is -2.23. The van der Waals surface area contributed by atoms with Crippen molar-refractivity contribution in [3.05, 3.63) is 111 Å². The van der Waals surface area contributed by atoms with Crippen molar-refractivity contribution >= 4 is 23.1 Å². The summed E-state index contributed by atoms with van der Waals surface area (Å²) in [4.78, 5) is 40.5. The summed E-state index contributed by atoms with van der Waals surface area (Å²) in [6, 6.07) is 17.0. The van der Waals surface area contributed by atoms with E-state index in [1.807, 2.05) is 61.5 Å². The van der Waals surface area contributed by atoms with Gasteiger partial charge in [-0.15, -0.1) is 0 Å². The average molecular weight is 467 g/mol. The van der Waals surface area contributed by atoms with Gasteiger partial charge in [0.25, 0.3) is 0 Å². The predicted molar refractivity (Wildman–Crippen MR) is 132 cm³/mol. The summed E-state index contributed by atoms with van der Waals surface area (Å²) in [5, 5.41) is 0. The molecule has 0 saturated heterocycles. The minimum atomic E-state index is -0.813. The third-order valence-corrected chi connectivity index (χ3v) is 6.96. The van der Waals surface area contributed by atoms with Crippen LogP contribution >= 0.6 is 0 Å². The summed E-state index contributed by atoms with van der Waals surface area (Å²) in [5.74, 6) is -0.948. The highest BCUT2D eigenvalue weighted by atomic mass is 16.5. The summed E-state index contributed by atoms with van der Waals surface area (Å²) in [5.41, 5.74) is 6.11. The SMILES string of the molecule is C=C(C)OC1C(=O)C(=C2CC3=C(C2=O)C(c2ccccc2)C(C(=O)OC)=C(C)C3)c2ccccc21. The maximum absolute atomic E-state index is 14.1. The highest BCUT2D eigenvalue weighted by Crippen LogP contribution is 2.51. The molecule has 0 N–H and O–H groups in total. The second kappa shape index (κ2) is 8.66. The van der Waals surface area contributed by atoms with Gasteiger partial charge in [0, 0.05) is 33.8 Å². The van der Waals surface area contributed by atoms with E-state index >= 15 is 0 Å². The molecule has 0 radical (unpaired) electrons. The molecule has 0 heterocycles. The molecule has 5 heteroatoms. The number of benzene rings is 2. The van der Waals surface area contributed by atoms with Crippen LogP contribution in [0.3, 0.4) is 0 Å². The van der Waals surface area contributed by atoms with Crippen molar-refractivity contribution in [3.63, 3.8) is 0 Å². The lowest BCUT2D eigenvalue weighted by atomic mass is 9.75. The van der Waals surface area contributed by atoms with Crippen LogP contribution < -0.4 is 0 Å². The number of Topliss-reactive ketones (excluding diaryl/α,β-unsaturated/α-hetero) is 2. The van der Waals surface area contributed by atoms with Crippen LogP contribution in [0.25, 0.3) is 5.57 Å². The van der Waals surface area contributed by atoms with Crippen molar-refractivity contribution < 1.29 is 23.9 Å². The van der Waals surface area contributed by atoms with Gasteiger partial charge in [-0.2, -0.15) is 0 Å². The molecule has 0 spiro atoms. The molecule has 5 nitrogen and oxygen atoms in total. The first-order valence-electron chi connectivity index (χ1n) is 11.6. The molecule has 5 rings (SSSR count). The first kappa shape index (κ1) is 22.8. The number of ketones is 2. The van der Waals surface area contributed by atoms with E-state index in [2.05, 4.69) is 6.58 Å². The number of hydrogen-bond donors (Lipinski definition) is 0. The van der Waals surface area contributed by atoms with Crippen molar-refractivity contribution in [2.24, 2.45) is 0 Å². The quantitative estimate of drug-likeness (QED) is 0.335. The Kier molecular flexibility index (Phi) is 5.64. The number of ether oxygens (including phenoxy) is 2. The van der Waals surface area contributed by atoms with Crippen molar-refractivity contribution in [2.45, 2.75) is 38.7 Å². The highest BCUT2D eigenvalue weighted by molar-refractivity contribution is 6.34. The van der Waals surface area contributed by atoms with E-state index in [1.54, 1.807) is 6.92 Å². The van der Waals surface area contributed by atoms with Crippen LogP contribution in [0.5, 0.6) is 0 Å². The Morgan fingerprint density at radius 2 is 1.69 bits per heavy atom. The molecule has 0 aromatic heterocycles. The summed E-state index contributed by atoms with van der Waals surface area (Å²) < 4.78 is 10.9. The Labute approximate surface area is 204 Å². The maximum Gasteiger partial charge on any atom is 0.334 e. The summed E-state index contributed by atoms with van der Waals surface area (Å²) >= 11 is 0. The van der Waals surface area contributed by atoms with Crippen LogP contribution in [0.1, 0.15) is 55.4 Å². The van der Waals surface area contributed by atoms with Crippen LogP contribution in [-0.2, 0) is 23.9 Å². The van der Waals surface area contributed by atoms with Crippen molar-refractivity contribution in [3.8, 4) is 0 Å². The number of hydrogen-bond acceptors (Lipinski definition) is 5. The molecule has 2 aromatic carbocycles. The first-order valence-corrected chi connectivity index (χ1v) is 11.6. The average Bonchev–Trinajstić information content (AvgIpc) is 3.31. The van der Waals surface area contributed by atoms with E-state index in [4.69, 9.17) is 9.47 Å². The largest absolute Gasteiger partial charge is 0.483 e. The van der Waals surface area contributed by atoms with E-state index in [0.29, 0.717) is 40.9 Å². The van der Waals surface area contributed by atoms with Crippen LogP contribution in [0.4, 0.5) is 0 Å². The topological polar surface area (TPSA) is 69.7 Å². The highest BCUT2D eigenvalue weighted by Gasteiger charge is 2.46. The maximum atomic E-state index is 14.1. The van der Waals surface area contributed by atoms with Crippen molar-refractivity contribution in [1.82, 2.24) is 0 Å². The Morgan fingerprint density at radius 1 is 1.00 bits per heavy atom. The number of esters is 1. The second-order valence-electron chi connectivity index (χ2n) is 9.23. The zero-order chi connectivity index (χ0) is 24.9. The van der Waals surface area contributed by atoms with Gasteiger partial charge in [-0.1, -0.05) is 72.3 Å². The fraction of sp³-hybridized carbons (Fsp3) is 0.233. The Bertz CT molecular complexity index is 1390. The number of allylic oxidation sites excluding steroid dienone is 5. The van der Waals surface area contributed by atoms with Gasteiger partial charge >= 0.3 is 5.97 Å². The van der Waals surface area contributed by atoms with Crippen LogP contribution in [-0.4, -0.2) is 24.6 Å². The zero-order valence-electron chi connectivity index (χ0n) is 20.0. The monoisotopic (exact) mass is 466 g/mol. The molecule has 0 aliphatic heterocycles. The Hall–Kier alpha value is -3.99. The van der Waals surface area contributed by atoms with Crippen LogP contribution in [0.2, 0.25) is 0 Å². The molecular weight excluding hydrogens is 440 g/mol. The molecule has 0 saturated carbocycles. The van der Waals surface area contributed by atoms with E-state index in [0.717, 1.165) is 27.8 Å². The van der Waals surface area contributed by atoms with Gasteiger partial charge < -0.3 is 9.47 Å². The molecule has 2 aromatic rings. The van der Waals surface area contributed by atoms with Gasteiger partial charge in [0.15, 0.2) is 11.9 Å². The zero-order valence-corrected chi connectivity index (χ0v) is 20.0. The van der Waals surface area contributed by atoms with Gasteiger partial charge in [-0.05, 0) is 37.8 Å². The smallest absolute Gasteiger partial charge is 0.334 e. The molecule has 0 bridgehead atoms. The lowest BCUT2D eigenvalue weighted by Gasteiger charge is -2.27. The molecular formula is C30H26O5. The molecule has 35 heavy (non-hydrogen) atoms. The third kappa shape index (κ3) is 3.59. The van der Waals surface area contributed by atoms with Gasteiger partial charge in [-0.25, -0.2) is 4.79 Å². The fourth-order valence-electron chi connectivity index (χ4n) is 5.58. The normalized spacial score (nSPS) is 23.4. The molecule has 2 unspecified atom stereocenters. The van der Waals surface area contributed by atoms with E-state index < -0.39 is 18.0 Å². The van der Waals surface area contributed by atoms with Gasteiger partial charge in [-0.3, -0.25) is 9.59 Å². The molecule has 176 valence electrons. The van der Waals surface area contributed by atoms with Gasteiger partial charge in [0.2, 0.25) is 5.78 Å². The summed E-state index contributed by atoms with van der Waals surface area (Å²) in [6.07, 6.45) is 0.0538. The van der Waals surface area contributed by atoms with E-state index in [1.165, 1.54) is 7.11 Å². The fourth-order valence-corrected chi connectivity index (χ4v) is 5.58. The first-order chi connectivity index (χ1) is 16.8. The third-order valence-electron chi connectivity index (χ3n) is 6.96. The number of fused-ring (bicyclic) bond motifs is 1.